The first-order chi connectivity index (χ1) is 18.7. The van der Waals surface area contributed by atoms with E-state index in [1.165, 1.54) is 17.0 Å². The molecule has 4 rings (SSSR count). The molecule has 0 amide bonds. The summed E-state index contributed by atoms with van der Waals surface area (Å²) < 4.78 is 50.3. The van der Waals surface area contributed by atoms with Gasteiger partial charge >= 0.3 is 11.9 Å². The Kier molecular flexibility index (Phi) is 9.20. The van der Waals surface area contributed by atoms with Gasteiger partial charge < -0.3 is 14.7 Å². The molecule has 1 N–H and O–H groups in total. The summed E-state index contributed by atoms with van der Waals surface area (Å²) in [7, 11) is 1.84. The highest BCUT2D eigenvalue weighted by atomic mass is 19.4. The lowest BCUT2D eigenvalue weighted by atomic mass is 10.1. The van der Waals surface area contributed by atoms with Crippen LogP contribution in [0.4, 0.5) is 13.2 Å². The van der Waals surface area contributed by atoms with Crippen molar-refractivity contribution in [3.63, 3.8) is 0 Å². The normalized spacial score (nSPS) is 15.4. The molecule has 1 saturated heterocycles. The highest BCUT2D eigenvalue weighted by Gasteiger charge is 2.35. The molecule has 0 aliphatic carbocycles. The summed E-state index contributed by atoms with van der Waals surface area (Å²) in [6.07, 6.45) is 1.81. The van der Waals surface area contributed by atoms with Crippen LogP contribution in [0.1, 0.15) is 29.5 Å². The van der Waals surface area contributed by atoms with Crippen molar-refractivity contribution in [1.82, 2.24) is 18.8 Å². The summed E-state index contributed by atoms with van der Waals surface area (Å²) in [5.74, 6) is 0. The number of pyridine rings is 1. The number of hydrogen-bond donors (Lipinski definition) is 1. The van der Waals surface area contributed by atoms with Crippen LogP contribution in [-0.2, 0) is 23.9 Å². The number of aliphatic hydroxyl groups is 1. The van der Waals surface area contributed by atoms with Crippen molar-refractivity contribution in [2.24, 2.45) is 10.2 Å². The van der Waals surface area contributed by atoms with Crippen LogP contribution in [0.15, 0.2) is 57.7 Å². The molecule has 12 heteroatoms. The number of imidazole rings is 1. The van der Waals surface area contributed by atoms with Gasteiger partial charge in [-0.2, -0.15) is 18.3 Å². The zero-order valence-electron chi connectivity index (χ0n) is 21.8. The van der Waals surface area contributed by atoms with Crippen LogP contribution in [-0.4, -0.2) is 82.9 Å². The van der Waals surface area contributed by atoms with E-state index in [1.807, 2.05) is 18.0 Å². The Hall–Kier alpha value is -3.48. The first-order valence-corrected chi connectivity index (χ1v) is 12.8. The number of aromatic nitrogens is 2. The number of alkyl halides is 3. The number of rotatable bonds is 11. The second-order valence-electron chi connectivity index (χ2n) is 9.64. The third-order valence-corrected chi connectivity index (χ3v) is 6.79. The molecule has 0 unspecified atom stereocenters. The van der Waals surface area contributed by atoms with Crippen LogP contribution in [0, 0.1) is 0 Å². The molecule has 39 heavy (non-hydrogen) atoms. The first kappa shape index (κ1) is 28.5. The quantitative estimate of drug-likeness (QED) is 0.227. The summed E-state index contributed by atoms with van der Waals surface area (Å²) >= 11 is 0. The minimum Gasteiger partial charge on any atom is -0.394 e. The molecule has 3 heterocycles. The number of nitrogens with zero attached hydrogens (tertiary/aromatic N) is 6. The molecule has 2 aromatic heterocycles. The molecule has 9 nitrogen and oxygen atoms in total. The number of likely N-dealkylation sites (tertiary alicyclic amines) is 1. The number of halogens is 3. The highest BCUT2D eigenvalue weighted by Crippen LogP contribution is 2.33. The van der Waals surface area contributed by atoms with Crippen molar-refractivity contribution < 1.29 is 23.0 Å². The monoisotopic (exact) mass is 546 g/mol. The molecule has 0 radical (unpaired) electrons. The van der Waals surface area contributed by atoms with Crippen molar-refractivity contribution in [1.29, 1.82) is 0 Å². The zero-order chi connectivity index (χ0) is 28.0. The lowest BCUT2D eigenvalue weighted by Gasteiger charge is -2.31. The Balaban J connectivity index is 1.60. The molecule has 210 valence electrons. The zero-order valence-corrected chi connectivity index (χ0v) is 21.8. The van der Waals surface area contributed by atoms with Gasteiger partial charge in [0.25, 0.3) is 0 Å². The van der Waals surface area contributed by atoms with Crippen molar-refractivity contribution in [3.05, 3.63) is 69.9 Å². The average molecular weight is 547 g/mol. The predicted molar refractivity (Wildman–Crippen MR) is 144 cm³/mol. The summed E-state index contributed by atoms with van der Waals surface area (Å²) in [4.78, 5) is 17.2. The largest absolute Gasteiger partial charge is 0.418 e. The fourth-order valence-corrected chi connectivity index (χ4v) is 4.81. The molecule has 0 spiro atoms. The molecule has 0 bridgehead atoms. The molecule has 0 saturated carbocycles. The Morgan fingerprint density at radius 2 is 1.97 bits per heavy atom. The van der Waals surface area contributed by atoms with Gasteiger partial charge in [0.1, 0.15) is 6.34 Å². The van der Waals surface area contributed by atoms with E-state index in [4.69, 9.17) is 9.84 Å². The van der Waals surface area contributed by atoms with Crippen molar-refractivity contribution >= 4 is 18.6 Å². The summed E-state index contributed by atoms with van der Waals surface area (Å²) in [5, 5.41) is 16.1. The summed E-state index contributed by atoms with van der Waals surface area (Å²) in [5.41, 5.74) is 0.230. The van der Waals surface area contributed by atoms with Crippen molar-refractivity contribution in [2.75, 3.05) is 39.9 Å². The smallest absolute Gasteiger partial charge is 0.394 e. The van der Waals surface area contributed by atoms with Gasteiger partial charge in [-0.15, -0.1) is 5.10 Å². The third-order valence-electron chi connectivity index (χ3n) is 6.79. The number of aliphatic hydroxyl groups excluding tert-OH is 1. The number of likely N-dealkylation sites (N-methyl/N-ethyl adjacent to an activating group) is 1. The van der Waals surface area contributed by atoms with E-state index in [2.05, 4.69) is 21.8 Å². The topological polar surface area (TPSA) is 87.1 Å². The fourth-order valence-electron chi connectivity index (χ4n) is 4.81. The van der Waals surface area contributed by atoms with E-state index in [0.29, 0.717) is 37.3 Å². The number of ether oxygens (including phenoxy) is 1. The van der Waals surface area contributed by atoms with Crippen LogP contribution in [0.5, 0.6) is 0 Å². The van der Waals surface area contributed by atoms with E-state index >= 15 is 0 Å². The van der Waals surface area contributed by atoms with E-state index < -0.39 is 17.4 Å². The van der Waals surface area contributed by atoms with Crippen LogP contribution in [0.2, 0.25) is 0 Å². The van der Waals surface area contributed by atoms with Gasteiger partial charge in [0, 0.05) is 52.3 Å². The number of fused-ring (bicyclic) bond motifs is 1. The number of benzene rings is 1. The first-order valence-electron chi connectivity index (χ1n) is 12.8. The highest BCUT2D eigenvalue weighted by molar-refractivity contribution is 5.58. The van der Waals surface area contributed by atoms with Crippen molar-refractivity contribution in [2.45, 2.75) is 38.1 Å². The predicted octanol–water partition coefficient (Wildman–Crippen LogP) is 3.20. The van der Waals surface area contributed by atoms with Gasteiger partial charge in [-0.25, -0.2) is 4.79 Å². The van der Waals surface area contributed by atoms with Gasteiger partial charge in [-0.3, -0.25) is 13.9 Å². The van der Waals surface area contributed by atoms with Gasteiger partial charge in [0.2, 0.25) is 0 Å². The minimum absolute atomic E-state index is 0.0340. The maximum Gasteiger partial charge on any atom is 0.418 e. The maximum atomic E-state index is 14.1. The molecule has 1 aromatic carbocycles. The molecule has 0 atom stereocenters. The van der Waals surface area contributed by atoms with Crippen LogP contribution in [0.25, 0.3) is 11.2 Å². The number of piperidine rings is 1. The van der Waals surface area contributed by atoms with Crippen LogP contribution < -0.4 is 5.69 Å². The van der Waals surface area contributed by atoms with Crippen LogP contribution in [0.3, 0.4) is 0 Å². The fraction of sp³-hybridized carbons (Fsp3) is 0.444. The average Bonchev–Trinajstić information content (AvgIpc) is 3.25. The third kappa shape index (κ3) is 7.14. The standard InChI is InChI=1S/C27H33F3N6O3/c1-31-32-19-33(2)9-6-20-4-3-5-22(14-20)35-18-25-24(27(28,29)30)15-21(17-36(25)26(35)38)16-34-10-7-23(8-11-34)39-13-12-37/h3-5,14-15,17-19,23,37H,1,6-13,16H2,2H3/b32-19-. The SMILES string of the molecule is C=N/N=C\N(C)CCc1cccc(-n2cc3c(C(F)(F)F)cc(CN4CCC(OCCO)CC4)cn3c2=O)c1. The van der Waals surface area contributed by atoms with E-state index in [9.17, 15) is 18.0 Å². The van der Waals surface area contributed by atoms with Gasteiger partial charge in [0.15, 0.2) is 0 Å². The lowest BCUT2D eigenvalue weighted by molar-refractivity contribution is -0.136. The lowest BCUT2D eigenvalue weighted by Crippen LogP contribution is -2.37. The molecular weight excluding hydrogens is 513 g/mol. The minimum atomic E-state index is -4.63. The summed E-state index contributed by atoms with van der Waals surface area (Å²) in [6, 6.07) is 8.32. The van der Waals surface area contributed by atoms with Gasteiger partial charge in [-0.1, -0.05) is 12.1 Å². The second-order valence-corrected chi connectivity index (χ2v) is 9.64. The summed E-state index contributed by atoms with van der Waals surface area (Å²) in [6.45, 7) is 5.76. The molecular formula is C27H33F3N6O3. The maximum absolute atomic E-state index is 14.1. The van der Waals surface area contributed by atoms with E-state index in [1.54, 1.807) is 24.5 Å². The second kappa shape index (κ2) is 12.6. The Morgan fingerprint density at radius 3 is 2.67 bits per heavy atom. The van der Waals surface area contributed by atoms with Gasteiger partial charge in [0.05, 0.1) is 36.1 Å². The van der Waals surface area contributed by atoms with Gasteiger partial charge in [-0.05, 0) is 48.6 Å². The molecule has 3 aromatic rings. The molecule has 1 aliphatic rings. The Morgan fingerprint density at radius 1 is 1.21 bits per heavy atom. The Labute approximate surface area is 224 Å². The van der Waals surface area contributed by atoms with Crippen molar-refractivity contribution in [3.8, 4) is 5.69 Å². The van der Waals surface area contributed by atoms with E-state index in [-0.39, 0.29) is 31.4 Å². The molecule has 1 fully saturated rings. The number of hydrogen-bond acceptors (Lipinski definition) is 6. The Bertz CT molecular complexity index is 1360. The molecule has 1 aliphatic heterocycles. The van der Waals surface area contributed by atoms with Crippen LogP contribution >= 0.6 is 0 Å². The van der Waals surface area contributed by atoms with E-state index in [0.717, 1.165) is 28.9 Å².